The molecule has 1 aliphatic rings. The van der Waals surface area contributed by atoms with Gasteiger partial charge in [-0.05, 0) is 0 Å². The quantitative estimate of drug-likeness (QED) is 0.473. The molecule has 0 saturated heterocycles. The Morgan fingerprint density at radius 1 is 1.19 bits per heavy atom. The lowest BCUT2D eigenvalue weighted by Crippen LogP contribution is -2.41. The molecule has 6 nitrogen and oxygen atoms in total. The molecule has 0 spiro atoms. The van der Waals surface area contributed by atoms with Crippen LogP contribution < -0.4 is 0 Å². The molecule has 6 heteroatoms. The normalized spacial score (nSPS) is 25.1. The average molecular weight is 228 g/mol. The number of carbonyl (C=O) groups is 4. The highest BCUT2D eigenvalue weighted by molar-refractivity contribution is 6.08. The molecule has 16 heavy (non-hydrogen) atoms. The Kier molecular flexibility index (Phi) is 3.76. The van der Waals surface area contributed by atoms with Crippen molar-refractivity contribution >= 4 is 23.5 Å². The van der Waals surface area contributed by atoms with Crippen LogP contribution in [0.5, 0.6) is 0 Å². The van der Waals surface area contributed by atoms with Crippen molar-refractivity contribution in [3.63, 3.8) is 0 Å². The van der Waals surface area contributed by atoms with E-state index < -0.39 is 35.5 Å². The fraction of sp³-hybridized carbons (Fsp3) is 0.600. The third-order valence-electron chi connectivity index (χ3n) is 2.33. The van der Waals surface area contributed by atoms with Crippen molar-refractivity contribution < 1.29 is 28.7 Å². The Bertz CT molecular complexity index is 345. The highest BCUT2D eigenvalue weighted by atomic mass is 16.5. The van der Waals surface area contributed by atoms with Gasteiger partial charge in [0.25, 0.3) is 0 Å². The van der Waals surface area contributed by atoms with Crippen molar-refractivity contribution in [3.05, 3.63) is 0 Å². The largest absolute Gasteiger partial charge is 0.468 e. The summed E-state index contributed by atoms with van der Waals surface area (Å²) in [5.41, 5.74) is 0. The van der Waals surface area contributed by atoms with Gasteiger partial charge in [-0.3, -0.25) is 19.2 Å². The number of methoxy groups -OCH3 is 1. The van der Waals surface area contributed by atoms with Crippen LogP contribution in [0.2, 0.25) is 0 Å². The van der Waals surface area contributed by atoms with Crippen LogP contribution in [0.4, 0.5) is 0 Å². The molecule has 0 aromatic rings. The molecule has 1 saturated carbocycles. The highest BCUT2D eigenvalue weighted by Crippen LogP contribution is 2.21. The molecule has 1 rings (SSSR count). The van der Waals surface area contributed by atoms with Gasteiger partial charge in [-0.25, -0.2) is 0 Å². The maximum Gasteiger partial charge on any atom is 0.316 e. The maximum atomic E-state index is 11.5. The molecule has 0 heterocycles. The topological polar surface area (TPSA) is 86.7 Å². The van der Waals surface area contributed by atoms with E-state index >= 15 is 0 Å². The van der Waals surface area contributed by atoms with E-state index in [1.54, 1.807) is 0 Å². The number of ether oxygens (including phenoxy) is 2. The number of ketones is 2. The SMILES string of the molecule is COC(=O)[C@@H]1CC(=O)[C@H](OC(C)=O)CC1=O. The van der Waals surface area contributed by atoms with E-state index in [0.717, 1.165) is 14.0 Å². The van der Waals surface area contributed by atoms with Gasteiger partial charge in [0.2, 0.25) is 0 Å². The molecular weight excluding hydrogens is 216 g/mol. The van der Waals surface area contributed by atoms with E-state index in [1.807, 2.05) is 0 Å². The minimum absolute atomic E-state index is 0.252. The second kappa shape index (κ2) is 4.87. The van der Waals surface area contributed by atoms with Gasteiger partial charge in [0.15, 0.2) is 17.7 Å². The van der Waals surface area contributed by atoms with Crippen molar-refractivity contribution in [2.45, 2.75) is 25.9 Å². The molecule has 0 aromatic carbocycles. The number of Topliss-reactive ketones (excluding diaryl/α,β-unsaturated/α-hetero) is 2. The lowest BCUT2D eigenvalue weighted by Gasteiger charge is -2.24. The van der Waals surface area contributed by atoms with E-state index in [2.05, 4.69) is 9.47 Å². The number of esters is 2. The molecule has 0 aliphatic heterocycles. The second-order valence-electron chi connectivity index (χ2n) is 3.51. The average Bonchev–Trinajstić information content (AvgIpc) is 2.21. The van der Waals surface area contributed by atoms with Gasteiger partial charge in [-0.15, -0.1) is 0 Å². The molecule has 0 unspecified atom stereocenters. The third-order valence-corrected chi connectivity index (χ3v) is 2.33. The summed E-state index contributed by atoms with van der Waals surface area (Å²) in [6, 6.07) is 0. The maximum absolute atomic E-state index is 11.5. The summed E-state index contributed by atoms with van der Waals surface area (Å²) in [6.07, 6.45) is -1.56. The molecule has 0 aromatic heterocycles. The van der Waals surface area contributed by atoms with Crippen LogP contribution in [0.3, 0.4) is 0 Å². The predicted octanol–water partition coefficient (Wildman–Crippen LogP) is -0.361. The minimum Gasteiger partial charge on any atom is -0.468 e. The number of hydrogen-bond acceptors (Lipinski definition) is 6. The molecule has 88 valence electrons. The van der Waals surface area contributed by atoms with Gasteiger partial charge < -0.3 is 9.47 Å². The Morgan fingerprint density at radius 2 is 1.81 bits per heavy atom. The molecule has 1 fully saturated rings. The summed E-state index contributed by atoms with van der Waals surface area (Å²) in [5.74, 6) is -3.26. The first-order chi connectivity index (χ1) is 7.45. The lowest BCUT2D eigenvalue weighted by atomic mass is 9.85. The molecule has 2 atom stereocenters. The van der Waals surface area contributed by atoms with Gasteiger partial charge in [-0.2, -0.15) is 0 Å². The summed E-state index contributed by atoms with van der Waals surface area (Å²) in [5, 5.41) is 0. The van der Waals surface area contributed by atoms with E-state index in [-0.39, 0.29) is 12.8 Å². The molecule has 0 N–H and O–H groups in total. The van der Waals surface area contributed by atoms with Gasteiger partial charge in [0.05, 0.1) is 13.5 Å². The van der Waals surface area contributed by atoms with Crippen molar-refractivity contribution in [3.8, 4) is 0 Å². The van der Waals surface area contributed by atoms with E-state index in [0.29, 0.717) is 0 Å². The number of rotatable bonds is 2. The summed E-state index contributed by atoms with van der Waals surface area (Å²) in [6.45, 7) is 1.16. The summed E-state index contributed by atoms with van der Waals surface area (Å²) < 4.78 is 9.08. The molecule has 0 radical (unpaired) electrons. The zero-order valence-electron chi connectivity index (χ0n) is 9.02. The molecular formula is C10H12O6. The molecule has 0 amide bonds. The second-order valence-corrected chi connectivity index (χ2v) is 3.51. The predicted molar refractivity (Wildman–Crippen MR) is 50.3 cm³/mol. The standard InChI is InChI=1S/C10H12O6/c1-5(11)16-9-4-7(12)6(3-8(9)13)10(14)15-2/h6,9H,3-4H2,1-2H3/t6-,9-/m1/s1. The zero-order chi connectivity index (χ0) is 12.3. The smallest absolute Gasteiger partial charge is 0.316 e. The van der Waals surface area contributed by atoms with Crippen LogP contribution in [0, 0.1) is 5.92 Å². The lowest BCUT2D eigenvalue weighted by molar-refractivity contribution is -0.162. The van der Waals surface area contributed by atoms with Gasteiger partial charge in [-0.1, -0.05) is 0 Å². The van der Waals surface area contributed by atoms with Gasteiger partial charge in [0.1, 0.15) is 5.92 Å². The van der Waals surface area contributed by atoms with Crippen molar-refractivity contribution in [1.82, 2.24) is 0 Å². The van der Waals surface area contributed by atoms with Crippen molar-refractivity contribution in [2.75, 3.05) is 7.11 Å². The zero-order valence-corrected chi connectivity index (χ0v) is 9.02. The summed E-state index contributed by atoms with van der Waals surface area (Å²) in [4.78, 5) is 44.8. The summed E-state index contributed by atoms with van der Waals surface area (Å²) in [7, 11) is 1.15. The number of carbonyl (C=O) groups excluding carboxylic acids is 4. The summed E-state index contributed by atoms with van der Waals surface area (Å²) >= 11 is 0. The molecule has 0 bridgehead atoms. The third kappa shape index (κ3) is 2.65. The Balaban J connectivity index is 2.70. The Hall–Kier alpha value is -1.72. The van der Waals surface area contributed by atoms with E-state index in [9.17, 15) is 19.2 Å². The fourth-order valence-corrected chi connectivity index (χ4v) is 1.55. The van der Waals surface area contributed by atoms with Gasteiger partial charge in [0, 0.05) is 13.3 Å². The first-order valence-electron chi connectivity index (χ1n) is 4.76. The van der Waals surface area contributed by atoms with Crippen LogP contribution in [-0.4, -0.2) is 36.7 Å². The van der Waals surface area contributed by atoms with E-state index in [1.165, 1.54) is 0 Å². The Labute approximate surface area is 91.9 Å². The van der Waals surface area contributed by atoms with Gasteiger partial charge >= 0.3 is 11.9 Å². The van der Waals surface area contributed by atoms with E-state index in [4.69, 9.17) is 0 Å². The fourth-order valence-electron chi connectivity index (χ4n) is 1.55. The Morgan fingerprint density at radius 3 is 2.31 bits per heavy atom. The van der Waals surface area contributed by atoms with Crippen LogP contribution in [0.1, 0.15) is 19.8 Å². The van der Waals surface area contributed by atoms with Crippen molar-refractivity contribution in [2.24, 2.45) is 5.92 Å². The van der Waals surface area contributed by atoms with Crippen molar-refractivity contribution in [1.29, 1.82) is 0 Å². The van der Waals surface area contributed by atoms with Crippen LogP contribution in [0.25, 0.3) is 0 Å². The molecule has 1 aliphatic carbocycles. The number of hydrogen-bond donors (Lipinski definition) is 0. The monoisotopic (exact) mass is 228 g/mol. The van der Waals surface area contributed by atoms with Crippen LogP contribution in [0.15, 0.2) is 0 Å². The highest BCUT2D eigenvalue weighted by Gasteiger charge is 2.40. The van der Waals surface area contributed by atoms with Crippen LogP contribution >= 0.6 is 0 Å². The first-order valence-corrected chi connectivity index (χ1v) is 4.76. The first kappa shape index (κ1) is 12.4. The van der Waals surface area contributed by atoms with Crippen LogP contribution in [-0.2, 0) is 28.7 Å². The minimum atomic E-state index is -1.05.